The van der Waals surface area contributed by atoms with Gasteiger partial charge in [-0.3, -0.25) is 0 Å². The molecule has 0 heterocycles. The largest absolute Gasteiger partial charge is 0.389 e. The zero-order valence-electron chi connectivity index (χ0n) is 7.67. The molecule has 0 aliphatic heterocycles. The molecule has 0 unspecified atom stereocenters. The summed E-state index contributed by atoms with van der Waals surface area (Å²) in [6.07, 6.45) is 4.14. The predicted octanol–water partition coefficient (Wildman–Crippen LogP) is 2.36. The van der Waals surface area contributed by atoms with Crippen LogP contribution in [0.2, 0.25) is 0 Å². The van der Waals surface area contributed by atoms with Gasteiger partial charge in [-0.25, -0.2) is 0 Å². The highest BCUT2D eigenvalue weighted by Gasteiger charge is 2.20. The second kappa shape index (κ2) is 3.40. The summed E-state index contributed by atoms with van der Waals surface area (Å²) in [5.74, 6) is 1.17. The third-order valence-corrected chi connectivity index (χ3v) is 2.43. The van der Waals surface area contributed by atoms with Crippen LogP contribution in [0.4, 0.5) is 0 Å². The molecule has 0 aromatic rings. The summed E-state index contributed by atoms with van der Waals surface area (Å²) >= 11 is 0. The van der Waals surface area contributed by atoms with Gasteiger partial charge in [-0.05, 0) is 30.3 Å². The normalized spacial score (nSPS) is 32.3. The predicted molar refractivity (Wildman–Crippen MR) is 47.3 cm³/mol. The molecule has 0 bridgehead atoms. The molecule has 0 spiro atoms. The molecule has 1 heteroatoms. The lowest BCUT2D eigenvalue weighted by molar-refractivity contribution is 0.160. The number of allylic oxidation sites excluding steroid dienone is 1. The first kappa shape index (κ1) is 8.79. The van der Waals surface area contributed by atoms with Gasteiger partial charge in [0.1, 0.15) is 0 Å². The molecule has 1 aliphatic rings. The number of hydrogen-bond acceptors (Lipinski definition) is 1. The van der Waals surface area contributed by atoms with E-state index in [1.807, 2.05) is 0 Å². The standard InChI is InChI=1S/C10H18O/c1-7(2)9-5-4-8(3)6-10(9)11/h5,7-8,10-11H,4,6H2,1-3H3/t8-,10-/m0/s1. The zero-order chi connectivity index (χ0) is 8.43. The van der Waals surface area contributed by atoms with Gasteiger partial charge in [0.15, 0.2) is 0 Å². The molecule has 0 saturated carbocycles. The Kier molecular flexibility index (Phi) is 2.72. The first-order valence-corrected chi connectivity index (χ1v) is 4.49. The Morgan fingerprint density at radius 1 is 1.55 bits per heavy atom. The van der Waals surface area contributed by atoms with Crippen molar-refractivity contribution in [2.75, 3.05) is 0 Å². The second-order valence-electron chi connectivity index (χ2n) is 3.95. The Morgan fingerprint density at radius 3 is 2.64 bits per heavy atom. The molecule has 0 radical (unpaired) electrons. The Balaban J connectivity index is 2.65. The van der Waals surface area contributed by atoms with Gasteiger partial charge in [-0.1, -0.05) is 26.8 Å². The van der Waals surface area contributed by atoms with E-state index in [4.69, 9.17) is 0 Å². The molecular formula is C10H18O. The van der Waals surface area contributed by atoms with Crippen molar-refractivity contribution in [2.45, 2.75) is 39.7 Å². The number of rotatable bonds is 1. The molecule has 1 N–H and O–H groups in total. The monoisotopic (exact) mass is 154 g/mol. The average molecular weight is 154 g/mol. The molecule has 11 heavy (non-hydrogen) atoms. The minimum atomic E-state index is -0.168. The summed E-state index contributed by atoms with van der Waals surface area (Å²) in [5, 5.41) is 9.64. The quantitative estimate of drug-likeness (QED) is 0.575. The Bertz CT molecular complexity index is 158. The molecule has 1 nitrogen and oxygen atoms in total. The first-order chi connectivity index (χ1) is 5.11. The van der Waals surface area contributed by atoms with Crippen LogP contribution < -0.4 is 0 Å². The van der Waals surface area contributed by atoms with E-state index in [-0.39, 0.29) is 6.10 Å². The second-order valence-corrected chi connectivity index (χ2v) is 3.95. The molecule has 0 saturated heterocycles. The first-order valence-electron chi connectivity index (χ1n) is 4.49. The van der Waals surface area contributed by atoms with Crippen LogP contribution in [0.5, 0.6) is 0 Å². The van der Waals surface area contributed by atoms with E-state index in [9.17, 15) is 5.11 Å². The number of hydrogen-bond donors (Lipinski definition) is 1. The van der Waals surface area contributed by atoms with Gasteiger partial charge < -0.3 is 5.11 Å². The highest BCUT2D eigenvalue weighted by Crippen LogP contribution is 2.27. The van der Waals surface area contributed by atoms with Gasteiger partial charge in [0.05, 0.1) is 6.10 Å². The SMILES string of the molecule is CC(C)C1=CC[C@H](C)C[C@@H]1O. The van der Waals surface area contributed by atoms with Crippen molar-refractivity contribution in [3.05, 3.63) is 11.6 Å². The molecule has 0 aromatic heterocycles. The van der Waals surface area contributed by atoms with Crippen LogP contribution in [-0.4, -0.2) is 11.2 Å². The number of aliphatic hydroxyl groups is 1. The van der Waals surface area contributed by atoms with E-state index >= 15 is 0 Å². The third kappa shape index (κ3) is 2.06. The van der Waals surface area contributed by atoms with Gasteiger partial charge in [-0.15, -0.1) is 0 Å². The van der Waals surface area contributed by atoms with Crippen molar-refractivity contribution in [1.82, 2.24) is 0 Å². The smallest absolute Gasteiger partial charge is 0.0755 e. The van der Waals surface area contributed by atoms with Gasteiger partial charge in [0.25, 0.3) is 0 Å². The van der Waals surface area contributed by atoms with E-state index < -0.39 is 0 Å². The molecule has 2 atom stereocenters. The lowest BCUT2D eigenvalue weighted by Gasteiger charge is -2.26. The van der Waals surface area contributed by atoms with Crippen molar-refractivity contribution in [2.24, 2.45) is 11.8 Å². The minimum Gasteiger partial charge on any atom is -0.389 e. The minimum absolute atomic E-state index is 0.168. The molecule has 1 aliphatic carbocycles. The van der Waals surface area contributed by atoms with Crippen LogP contribution in [0.25, 0.3) is 0 Å². The van der Waals surface area contributed by atoms with Gasteiger partial charge in [-0.2, -0.15) is 0 Å². The third-order valence-electron chi connectivity index (χ3n) is 2.43. The van der Waals surface area contributed by atoms with E-state index in [0.29, 0.717) is 11.8 Å². The lowest BCUT2D eigenvalue weighted by atomic mass is 9.84. The van der Waals surface area contributed by atoms with Gasteiger partial charge >= 0.3 is 0 Å². The van der Waals surface area contributed by atoms with Crippen LogP contribution in [0.3, 0.4) is 0 Å². The van der Waals surface area contributed by atoms with Crippen molar-refractivity contribution < 1.29 is 5.11 Å². The summed E-state index contributed by atoms with van der Waals surface area (Å²) < 4.78 is 0. The maximum Gasteiger partial charge on any atom is 0.0755 e. The maximum atomic E-state index is 9.64. The van der Waals surface area contributed by atoms with Crippen LogP contribution in [0.1, 0.15) is 33.6 Å². The van der Waals surface area contributed by atoms with Gasteiger partial charge in [0.2, 0.25) is 0 Å². The topological polar surface area (TPSA) is 20.2 Å². The van der Waals surface area contributed by atoms with Crippen LogP contribution >= 0.6 is 0 Å². The summed E-state index contributed by atoms with van der Waals surface area (Å²) in [6.45, 7) is 6.48. The highest BCUT2D eigenvalue weighted by molar-refractivity contribution is 5.13. The van der Waals surface area contributed by atoms with Crippen LogP contribution in [0, 0.1) is 11.8 Å². The Hall–Kier alpha value is -0.300. The summed E-state index contributed by atoms with van der Waals surface area (Å²) in [5.41, 5.74) is 1.24. The van der Waals surface area contributed by atoms with Crippen molar-refractivity contribution in [1.29, 1.82) is 0 Å². The van der Waals surface area contributed by atoms with Crippen LogP contribution in [0.15, 0.2) is 11.6 Å². The molecule has 0 fully saturated rings. The fourth-order valence-corrected chi connectivity index (χ4v) is 1.71. The molecule has 0 amide bonds. The summed E-state index contributed by atoms with van der Waals surface area (Å²) in [7, 11) is 0. The van der Waals surface area contributed by atoms with Gasteiger partial charge in [0, 0.05) is 0 Å². The van der Waals surface area contributed by atoms with E-state index in [0.717, 1.165) is 12.8 Å². The molecule has 64 valence electrons. The summed E-state index contributed by atoms with van der Waals surface area (Å²) in [6, 6.07) is 0. The van der Waals surface area contributed by atoms with Crippen molar-refractivity contribution >= 4 is 0 Å². The zero-order valence-corrected chi connectivity index (χ0v) is 7.67. The van der Waals surface area contributed by atoms with Crippen molar-refractivity contribution in [3.63, 3.8) is 0 Å². The van der Waals surface area contributed by atoms with Crippen molar-refractivity contribution in [3.8, 4) is 0 Å². The van der Waals surface area contributed by atoms with Crippen LogP contribution in [-0.2, 0) is 0 Å². The molecular weight excluding hydrogens is 136 g/mol. The summed E-state index contributed by atoms with van der Waals surface area (Å²) in [4.78, 5) is 0. The number of aliphatic hydroxyl groups excluding tert-OH is 1. The average Bonchev–Trinajstić information content (AvgIpc) is 1.85. The molecule has 0 aromatic carbocycles. The van der Waals surface area contributed by atoms with E-state index in [1.165, 1.54) is 5.57 Å². The van der Waals surface area contributed by atoms with E-state index in [2.05, 4.69) is 26.8 Å². The lowest BCUT2D eigenvalue weighted by Crippen LogP contribution is -2.21. The Labute approximate surface area is 69.1 Å². The molecule has 1 rings (SSSR count). The van der Waals surface area contributed by atoms with E-state index in [1.54, 1.807) is 0 Å². The fraction of sp³-hybridized carbons (Fsp3) is 0.800. The fourth-order valence-electron chi connectivity index (χ4n) is 1.71. The maximum absolute atomic E-state index is 9.64. The Morgan fingerprint density at radius 2 is 2.18 bits per heavy atom. The highest BCUT2D eigenvalue weighted by atomic mass is 16.3.